The van der Waals surface area contributed by atoms with Gasteiger partial charge in [-0.15, -0.1) is 13.2 Å². The van der Waals surface area contributed by atoms with Crippen LogP contribution in [0, 0.1) is 11.8 Å². The molecule has 0 radical (unpaired) electrons. The molecule has 2 N–H and O–H groups in total. The fourth-order valence-corrected chi connectivity index (χ4v) is 1.23. The van der Waals surface area contributed by atoms with Gasteiger partial charge in [-0.3, -0.25) is 9.59 Å². The van der Waals surface area contributed by atoms with Gasteiger partial charge in [-0.1, -0.05) is 12.2 Å². The molecule has 2 atom stereocenters. The third-order valence-electron chi connectivity index (χ3n) is 1.97. The first kappa shape index (κ1) is 16.8. The summed E-state index contributed by atoms with van der Waals surface area (Å²) in [5, 5.41) is 17.3. The predicted octanol–water partition coefficient (Wildman–Crippen LogP) is -1.34. The molecular weight excluding hydrogens is 207 g/mol. The Bertz CT molecular complexity index is 255. The number of hydrogen-bond acceptors (Lipinski definition) is 2. The first-order valence-electron chi connectivity index (χ1n) is 4.21. The van der Waals surface area contributed by atoms with E-state index in [-0.39, 0.29) is 43.3 Å². The second-order valence-electron chi connectivity index (χ2n) is 2.97. The minimum Gasteiger partial charge on any atom is -1.00 e. The number of hydrogen-bond donors (Lipinski definition) is 2. The Morgan fingerprint density at radius 1 is 1.33 bits per heavy atom. The summed E-state index contributed by atoms with van der Waals surface area (Å²) in [6.07, 6.45) is 3.06. The first-order chi connectivity index (χ1) is 6.52. The van der Waals surface area contributed by atoms with Crippen LogP contribution in [-0.4, -0.2) is 22.2 Å². The molecule has 80 valence electrons. The van der Waals surface area contributed by atoms with Gasteiger partial charge < -0.3 is 11.6 Å². The molecule has 0 amide bonds. The van der Waals surface area contributed by atoms with Crippen LogP contribution in [0.4, 0.5) is 0 Å². The molecule has 0 aromatic heterocycles. The van der Waals surface area contributed by atoms with Crippen molar-refractivity contribution in [3.05, 3.63) is 25.3 Å². The van der Waals surface area contributed by atoms with E-state index < -0.39 is 17.9 Å². The van der Waals surface area contributed by atoms with Crippen LogP contribution in [0.25, 0.3) is 0 Å². The van der Waals surface area contributed by atoms with Crippen molar-refractivity contribution in [2.24, 2.45) is 11.8 Å². The molecule has 0 fully saturated rings. The van der Waals surface area contributed by atoms with Crippen LogP contribution < -0.4 is 29.6 Å². The minimum atomic E-state index is -1.12. The molecule has 4 nitrogen and oxygen atoms in total. The van der Waals surface area contributed by atoms with Crippen molar-refractivity contribution >= 4 is 11.9 Å². The van der Waals surface area contributed by atoms with Gasteiger partial charge in [-0.25, -0.2) is 0 Å². The summed E-state index contributed by atoms with van der Waals surface area (Å²) in [5.74, 6) is -3.53. The number of aliphatic carboxylic acids is 2. The molecule has 15 heavy (non-hydrogen) atoms. The van der Waals surface area contributed by atoms with E-state index in [0.29, 0.717) is 6.42 Å². The van der Waals surface area contributed by atoms with Crippen LogP contribution in [0.2, 0.25) is 0 Å². The average molecular weight is 222 g/mol. The summed E-state index contributed by atoms with van der Waals surface area (Å²) >= 11 is 0. The van der Waals surface area contributed by atoms with E-state index in [1.54, 1.807) is 6.08 Å². The molecule has 0 aromatic rings. The topological polar surface area (TPSA) is 74.6 Å². The van der Waals surface area contributed by atoms with Gasteiger partial charge in [-0.05, 0) is 12.3 Å². The zero-order valence-electron chi connectivity index (χ0n) is 9.85. The van der Waals surface area contributed by atoms with Crippen LogP contribution in [-0.2, 0) is 9.59 Å². The summed E-state index contributed by atoms with van der Waals surface area (Å²) in [6, 6.07) is 0. The molecule has 0 aliphatic heterocycles. The Hall–Kier alpha value is -0.580. The maximum Gasteiger partial charge on any atom is 1.00 e. The maximum atomic E-state index is 10.8. The summed E-state index contributed by atoms with van der Waals surface area (Å²) in [5.41, 5.74) is 0. The molecule has 0 aliphatic rings. The zero-order chi connectivity index (χ0) is 11.1. The van der Waals surface area contributed by atoms with E-state index in [4.69, 9.17) is 10.2 Å². The van der Waals surface area contributed by atoms with E-state index in [1.807, 2.05) is 0 Å². The Morgan fingerprint density at radius 3 is 2.13 bits per heavy atom. The number of carboxylic acid groups (broad SMARTS) is 2. The second-order valence-corrected chi connectivity index (χ2v) is 2.97. The molecule has 0 bridgehead atoms. The standard InChI is InChI=1S/C10H14O4.Na.H/c1-3-5-7(4-2)8(10(13)14)6-9(11)12;;/h3-4,7-8H,1-2,5-6H2,(H,11,12)(H,13,14);;/q;+1;-1. The summed E-state index contributed by atoms with van der Waals surface area (Å²) in [7, 11) is 0. The van der Waals surface area contributed by atoms with Gasteiger partial charge in [0.1, 0.15) is 0 Å². The fraction of sp³-hybridized carbons (Fsp3) is 0.400. The first-order valence-corrected chi connectivity index (χ1v) is 4.21. The monoisotopic (exact) mass is 222 g/mol. The molecule has 2 unspecified atom stereocenters. The van der Waals surface area contributed by atoms with Crippen molar-refractivity contribution in [3.8, 4) is 0 Å². The Kier molecular flexibility index (Phi) is 9.77. The quantitative estimate of drug-likeness (QED) is 0.413. The van der Waals surface area contributed by atoms with Crippen LogP contribution in [0.15, 0.2) is 25.3 Å². The van der Waals surface area contributed by atoms with Gasteiger partial charge >= 0.3 is 41.5 Å². The third-order valence-corrected chi connectivity index (χ3v) is 1.97. The second kappa shape index (κ2) is 8.71. The number of rotatable bonds is 7. The largest absolute Gasteiger partial charge is 1.00 e. The predicted molar refractivity (Wildman–Crippen MR) is 53.0 cm³/mol. The Balaban J connectivity index is -0.000000845. The van der Waals surface area contributed by atoms with E-state index in [0.717, 1.165) is 0 Å². The molecule has 0 aliphatic carbocycles. The van der Waals surface area contributed by atoms with E-state index in [2.05, 4.69) is 13.2 Å². The van der Waals surface area contributed by atoms with Crippen LogP contribution in [0.1, 0.15) is 14.3 Å². The summed E-state index contributed by atoms with van der Waals surface area (Å²) < 4.78 is 0. The molecule has 0 saturated heterocycles. The summed E-state index contributed by atoms with van der Waals surface area (Å²) in [6.45, 7) is 6.97. The third kappa shape index (κ3) is 6.49. The van der Waals surface area contributed by atoms with Crippen LogP contribution in [0.3, 0.4) is 0 Å². The van der Waals surface area contributed by atoms with Crippen molar-refractivity contribution < 1.29 is 50.8 Å². The molecule has 0 aromatic carbocycles. The Labute approximate surface area is 112 Å². The molecule has 0 spiro atoms. The smallest absolute Gasteiger partial charge is 1.00 e. The average Bonchev–Trinajstić information content (AvgIpc) is 2.10. The van der Waals surface area contributed by atoms with E-state index in [9.17, 15) is 9.59 Å². The summed E-state index contributed by atoms with van der Waals surface area (Å²) in [4.78, 5) is 21.2. The molecule has 0 heterocycles. The van der Waals surface area contributed by atoms with Crippen molar-refractivity contribution in [3.63, 3.8) is 0 Å². The molecule has 0 saturated carbocycles. The van der Waals surface area contributed by atoms with Gasteiger partial charge in [0, 0.05) is 0 Å². The number of carboxylic acids is 2. The van der Waals surface area contributed by atoms with Gasteiger partial charge in [0.05, 0.1) is 12.3 Å². The SMILES string of the molecule is C=CCC(C=C)C(CC(=O)O)C(=O)O.[H-].[Na+]. The van der Waals surface area contributed by atoms with Crippen molar-refractivity contribution in [2.75, 3.05) is 0 Å². The van der Waals surface area contributed by atoms with Gasteiger partial charge in [0.25, 0.3) is 0 Å². The zero-order valence-corrected chi connectivity index (χ0v) is 10.8. The van der Waals surface area contributed by atoms with Crippen LogP contribution in [0.5, 0.6) is 0 Å². The number of allylic oxidation sites excluding steroid dienone is 2. The number of carbonyl (C=O) groups is 2. The van der Waals surface area contributed by atoms with Crippen molar-refractivity contribution in [2.45, 2.75) is 12.8 Å². The van der Waals surface area contributed by atoms with Gasteiger partial charge in [0.15, 0.2) is 0 Å². The fourth-order valence-electron chi connectivity index (χ4n) is 1.23. The molecule has 5 heteroatoms. The molecular formula is C10H15NaO4. The van der Waals surface area contributed by atoms with Gasteiger partial charge in [-0.2, -0.15) is 0 Å². The van der Waals surface area contributed by atoms with E-state index in [1.165, 1.54) is 6.08 Å². The van der Waals surface area contributed by atoms with Crippen LogP contribution >= 0.6 is 0 Å². The maximum absolute atomic E-state index is 10.8. The Morgan fingerprint density at radius 2 is 1.87 bits per heavy atom. The molecule has 0 rings (SSSR count). The normalized spacial score (nSPS) is 13.1. The van der Waals surface area contributed by atoms with E-state index >= 15 is 0 Å². The van der Waals surface area contributed by atoms with Crippen molar-refractivity contribution in [1.82, 2.24) is 0 Å². The van der Waals surface area contributed by atoms with Crippen molar-refractivity contribution in [1.29, 1.82) is 0 Å². The minimum absolute atomic E-state index is 0. The van der Waals surface area contributed by atoms with Gasteiger partial charge in [0.2, 0.25) is 0 Å².